The Bertz CT molecular complexity index is 46.1. The monoisotopic (exact) mass is 130 g/mol. The Kier molecular flexibility index (Phi) is 5.99. The van der Waals surface area contributed by atoms with Crippen LogP contribution in [0.25, 0.3) is 0 Å². The highest BCUT2D eigenvalue weighted by Gasteiger charge is 1.95. The molecule has 0 radical (unpaired) electrons. The van der Waals surface area contributed by atoms with Crippen molar-refractivity contribution in [3.63, 3.8) is 0 Å². The van der Waals surface area contributed by atoms with Gasteiger partial charge in [-0.15, -0.1) is 0 Å². The molecule has 1 saturated carbocycles. The highest BCUT2D eigenvalue weighted by Crippen LogP contribution is 2.14. The van der Waals surface area contributed by atoms with Crippen LogP contribution in [0.1, 0.15) is 33.1 Å². The minimum atomic E-state index is 0.941. The van der Waals surface area contributed by atoms with E-state index in [0.29, 0.717) is 0 Å². The molecule has 0 atom stereocenters. The van der Waals surface area contributed by atoms with Crippen LogP contribution in [0.2, 0.25) is 0 Å². The fourth-order valence-corrected chi connectivity index (χ4v) is 0.224. The molecule has 0 heterocycles. The molecule has 0 aromatic carbocycles. The van der Waals surface area contributed by atoms with Crippen molar-refractivity contribution in [3.8, 4) is 0 Å². The van der Waals surface area contributed by atoms with Crippen LogP contribution in [0.15, 0.2) is 0 Å². The Morgan fingerprint density at radius 2 is 1.44 bits per heavy atom. The molecule has 0 unspecified atom stereocenters. The lowest BCUT2D eigenvalue weighted by Gasteiger charge is -2.07. The van der Waals surface area contributed by atoms with E-state index < -0.39 is 0 Å². The van der Waals surface area contributed by atoms with Crippen molar-refractivity contribution in [3.05, 3.63) is 0 Å². The first-order valence-corrected chi connectivity index (χ1v) is 3.80. The van der Waals surface area contributed by atoms with Crippen molar-refractivity contribution in [1.29, 1.82) is 0 Å². The zero-order valence-electron chi connectivity index (χ0n) is 6.56. The van der Waals surface area contributed by atoms with Crippen molar-refractivity contribution in [2.45, 2.75) is 33.1 Å². The van der Waals surface area contributed by atoms with Gasteiger partial charge in [-0.25, -0.2) is 5.01 Å². The first-order valence-electron chi connectivity index (χ1n) is 3.80. The second-order valence-electron chi connectivity index (χ2n) is 2.28. The molecule has 2 heteroatoms. The van der Waals surface area contributed by atoms with Crippen molar-refractivity contribution < 1.29 is 0 Å². The average Bonchev–Trinajstić information content (AvgIpc) is 2.70. The maximum Gasteiger partial charge on any atom is 0.00996 e. The summed E-state index contributed by atoms with van der Waals surface area (Å²) in [5.41, 5.74) is 0. The minimum Gasteiger partial charge on any atom is -0.269 e. The molecular formula is C7H18N2. The molecule has 0 bridgehead atoms. The number of hydrogen-bond donors (Lipinski definition) is 1. The first kappa shape index (κ1) is 8.92. The summed E-state index contributed by atoms with van der Waals surface area (Å²) < 4.78 is 0. The van der Waals surface area contributed by atoms with E-state index >= 15 is 0 Å². The Balaban J connectivity index is 0.000000173. The third kappa shape index (κ3) is 11.5. The zero-order valence-corrected chi connectivity index (χ0v) is 6.56. The van der Waals surface area contributed by atoms with Crippen LogP contribution in [0, 0.1) is 0 Å². The van der Waals surface area contributed by atoms with Gasteiger partial charge in [0.2, 0.25) is 0 Å². The molecule has 1 rings (SSSR count). The summed E-state index contributed by atoms with van der Waals surface area (Å²) in [5.74, 6) is 5.31. The number of hydrogen-bond acceptors (Lipinski definition) is 2. The number of nitrogens with two attached hydrogens (primary N) is 1. The van der Waals surface area contributed by atoms with E-state index in [1.165, 1.54) is 19.3 Å². The summed E-state index contributed by atoms with van der Waals surface area (Å²) in [6, 6.07) is 0. The Morgan fingerprint density at radius 3 is 1.44 bits per heavy atom. The largest absolute Gasteiger partial charge is 0.269 e. The van der Waals surface area contributed by atoms with Crippen LogP contribution in [0.4, 0.5) is 0 Å². The molecular weight excluding hydrogens is 112 g/mol. The number of nitrogens with zero attached hydrogens (tertiary/aromatic N) is 1. The Hall–Kier alpha value is -0.0800. The quantitative estimate of drug-likeness (QED) is 0.452. The summed E-state index contributed by atoms with van der Waals surface area (Å²) >= 11 is 0. The van der Waals surface area contributed by atoms with E-state index in [1.54, 1.807) is 5.01 Å². The smallest absolute Gasteiger partial charge is 0.00996 e. The fraction of sp³-hybridized carbons (Fsp3) is 1.00. The zero-order chi connectivity index (χ0) is 7.11. The van der Waals surface area contributed by atoms with E-state index in [-0.39, 0.29) is 0 Å². The average molecular weight is 130 g/mol. The maximum atomic E-state index is 5.31. The molecule has 2 nitrogen and oxygen atoms in total. The van der Waals surface area contributed by atoms with E-state index in [9.17, 15) is 0 Å². The number of hydrazine groups is 1. The van der Waals surface area contributed by atoms with Gasteiger partial charge in [-0.3, -0.25) is 5.84 Å². The predicted octanol–water partition coefficient (Wildman–Crippen LogP) is 1.37. The number of rotatable bonds is 2. The predicted molar refractivity (Wildman–Crippen MR) is 41.0 cm³/mol. The van der Waals surface area contributed by atoms with E-state index in [0.717, 1.165) is 13.1 Å². The van der Waals surface area contributed by atoms with Crippen molar-refractivity contribution >= 4 is 0 Å². The highest BCUT2D eigenvalue weighted by atomic mass is 15.4. The molecule has 2 N–H and O–H groups in total. The van der Waals surface area contributed by atoms with Gasteiger partial charge in [0.1, 0.15) is 0 Å². The van der Waals surface area contributed by atoms with Crippen LogP contribution in [-0.4, -0.2) is 18.1 Å². The summed E-state index contributed by atoms with van der Waals surface area (Å²) in [6.45, 7) is 5.94. The SMILES string of the molecule is C1CC1.CCN(N)CC. The minimum absolute atomic E-state index is 0.941. The van der Waals surface area contributed by atoms with Crippen molar-refractivity contribution in [2.75, 3.05) is 13.1 Å². The second-order valence-corrected chi connectivity index (χ2v) is 2.28. The summed E-state index contributed by atoms with van der Waals surface area (Å²) in [6.07, 6.45) is 4.50. The lowest BCUT2D eigenvalue weighted by molar-refractivity contribution is 0.316. The van der Waals surface area contributed by atoms with Gasteiger partial charge in [0.05, 0.1) is 0 Å². The van der Waals surface area contributed by atoms with Crippen LogP contribution < -0.4 is 5.84 Å². The summed E-state index contributed by atoms with van der Waals surface area (Å²) in [4.78, 5) is 0. The molecule has 9 heavy (non-hydrogen) atoms. The molecule has 0 aliphatic heterocycles. The van der Waals surface area contributed by atoms with Crippen LogP contribution in [0.3, 0.4) is 0 Å². The second kappa shape index (κ2) is 6.05. The van der Waals surface area contributed by atoms with E-state index in [1.807, 2.05) is 13.8 Å². The van der Waals surface area contributed by atoms with Crippen LogP contribution in [0.5, 0.6) is 0 Å². The third-order valence-corrected chi connectivity index (χ3v) is 1.17. The molecule has 1 fully saturated rings. The van der Waals surface area contributed by atoms with Gasteiger partial charge >= 0.3 is 0 Å². The van der Waals surface area contributed by atoms with Gasteiger partial charge in [0, 0.05) is 13.1 Å². The van der Waals surface area contributed by atoms with E-state index in [2.05, 4.69) is 0 Å². The fourth-order valence-electron chi connectivity index (χ4n) is 0.224. The molecule has 56 valence electrons. The van der Waals surface area contributed by atoms with Gasteiger partial charge in [0.25, 0.3) is 0 Å². The lowest BCUT2D eigenvalue weighted by atomic mass is 10.6. The van der Waals surface area contributed by atoms with Gasteiger partial charge in [0.15, 0.2) is 0 Å². The van der Waals surface area contributed by atoms with Crippen molar-refractivity contribution in [1.82, 2.24) is 5.01 Å². The highest BCUT2D eigenvalue weighted by molar-refractivity contribution is 4.50. The van der Waals surface area contributed by atoms with Gasteiger partial charge in [-0.05, 0) is 0 Å². The van der Waals surface area contributed by atoms with Gasteiger partial charge in [-0.2, -0.15) is 0 Å². The summed E-state index contributed by atoms with van der Waals surface area (Å²) in [7, 11) is 0. The maximum absolute atomic E-state index is 5.31. The molecule has 0 amide bonds. The standard InChI is InChI=1S/C4H12N2.C3H6/c1-3-6(5)4-2;1-2-3-1/h3-5H2,1-2H3;1-3H2. The van der Waals surface area contributed by atoms with Gasteiger partial charge < -0.3 is 0 Å². The van der Waals surface area contributed by atoms with Gasteiger partial charge in [-0.1, -0.05) is 33.1 Å². The summed E-state index contributed by atoms with van der Waals surface area (Å²) in [5, 5.41) is 1.75. The Labute approximate surface area is 58.0 Å². The normalized spacial score (nSPS) is 14.7. The molecule has 1 aliphatic carbocycles. The lowest BCUT2D eigenvalue weighted by Crippen LogP contribution is -2.29. The molecule has 1 aliphatic rings. The molecule has 0 aromatic rings. The molecule has 0 spiro atoms. The topological polar surface area (TPSA) is 29.3 Å². The van der Waals surface area contributed by atoms with Crippen LogP contribution in [-0.2, 0) is 0 Å². The van der Waals surface area contributed by atoms with Crippen molar-refractivity contribution in [2.24, 2.45) is 5.84 Å². The third-order valence-electron chi connectivity index (χ3n) is 1.17. The first-order chi connectivity index (χ1) is 4.31. The van der Waals surface area contributed by atoms with Crippen LogP contribution >= 0.6 is 0 Å². The Morgan fingerprint density at radius 1 is 1.11 bits per heavy atom. The molecule has 0 saturated heterocycles. The van der Waals surface area contributed by atoms with E-state index in [4.69, 9.17) is 5.84 Å². The molecule has 0 aromatic heterocycles.